The van der Waals surface area contributed by atoms with Crippen LogP contribution in [0.25, 0.3) is 0 Å². The SMILES string of the molecule is COc1ccc(S(=O)(=O)NCC(=O)NNC(=O)c2ccccc2Br)cc1. The van der Waals surface area contributed by atoms with Crippen LogP contribution in [-0.4, -0.2) is 33.9 Å². The van der Waals surface area contributed by atoms with Crippen LogP contribution in [-0.2, 0) is 14.8 Å². The zero-order chi connectivity index (χ0) is 19.2. The standard InChI is InChI=1S/C16H16BrN3O5S/c1-25-11-6-8-12(9-7-11)26(23,24)18-10-15(21)19-20-16(22)13-4-2-3-5-14(13)17/h2-9,18H,10H2,1H3,(H,19,21)(H,20,22). The van der Waals surface area contributed by atoms with E-state index < -0.39 is 28.4 Å². The van der Waals surface area contributed by atoms with E-state index in [0.29, 0.717) is 15.8 Å². The van der Waals surface area contributed by atoms with Gasteiger partial charge in [-0.1, -0.05) is 12.1 Å². The second-order valence-corrected chi connectivity index (χ2v) is 7.60. The van der Waals surface area contributed by atoms with E-state index in [1.807, 2.05) is 0 Å². The topological polar surface area (TPSA) is 114 Å². The zero-order valence-electron chi connectivity index (χ0n) is 13.7. The summed E-state index contributed by atoms with van der Waals surface area (Å²) in [7, 11) is -2.40. The molecule has 26 heavy (non-hydrogen) atoms. The van der Waals surface area contributed by atoms with Crippen LogP contribution < -0.4 is 20.3 Å². The number of hydrogen-bond donors (Lipinski definition) is 3. The van der Waals surface area contributed by atoms with Gasteiger partial charge in [-0.2, -0.15) is 0 Å². The van der Waals surface area contributed by atoms with E-state index in [1.54, 1.807) is 24.3 Å². The fourth-order valence-corrected chi connectivity index (χ4v) is 3.33. The van der Waals surface area contributed by atoms with Gasteiger partial charge in [0.05, 0.1) is 24.1 Å². The predicted octanol–water partition coefficient (Wildman–Crippen LogP) is 1.20. The Labute approximate surface area is 159 Å². The number of carbonyl (C=O) groups is 2. The Balaban J connectivity index is 1.87. The molecule has 0 spiro atoms. The Bertz CT molecular complexity index is 900. The van der Waals surface area contributed by atoms with Crippen molar-refractivity contribution in [3.05, 3.63) is 58.6 Å². The normalized spacial score (nSPS) is 10.8. The summed E-state index contributed by atoms with van der Waals surface area (Å²) in [5.41, 5.74) is 4.68. The number of carbonyl (C=O) groups excluding carboxylic acids is 2. The van der Waals surface area contributed by atoms with Crippen molar-refractivity contribution >= 4 is 37.8 Å². The van der Waals surface area contributed by atoms with Crippen molar-refractivity contribution in [2.24, 2.45) is 0 Å². The molecule has 0 saturated heterocycles. The summed E-state index contributed by atoms with van der Waals surface area (Å²) in [5.74, 6) is -0.747. The van der Waals surface area contributed by atoms with Gasteiger partial charge in [0.25, 0.3) is 11.8 Å². The minimum Gasteiger partial charge on any atom is -0.497 e. The summed E-state index contributed by atoms with van der Waals surface area (Å²) in [6.07, 6.45) is 0. The second-order valence-electron chi connectivity index (χ2n) is 4.98. The van der Waals surface area contributed by atoms with Crippen LogP contribution in [0.1, 0.15) is 10.4 Å². The van der Waals surface area contributed by atoms with Gasteiger partial charge in [-0.3, -0.25) is 20.4 Å². The highest BCUT2D eigenvalue weighted by molar-refractivity contribution is 9.10. The smallest absolute Gasteiger partial charge is 0.270 e. The Morgan fingerprint density at radius 1 is 1.04 bits per heavy atom. The fourth-order valence-electron chi connectivity index (χ4n) is 1.88. The summed E-state index contributed by atoms with van der Waals surface area (Å²) in [6.45, 7) is -0.537. The third-order valence-electron chi connectivity index (χ3n) is 3.23. The van der Waals surface area contributed by atoms with Crippen molar-refractivity contribution in [2.75, 3.05) is 13.7 Å². The van der Waals surface area contributed by atoms with Crippen molar-refractivity contribution in [2.45, 2.75) is 4.90 Å². The van der Waals surface area contributed by atoms with Crippen molar-refractivity contribution in [3.8, 4) is 5.75 Å². The van der Waals surface area contributed by atoms with Gasteiger partial charge in [-0.15, -0.1) is 0 Å². The van der Waals surface area contributed by atoms with Crippen molar-refractivity contribution in [1.29, 1.82) is 0 Å². The molecule has 0 aromatic heterocycles. The van der Waals surface area contributed by atoms with Crippen LogP contribution in [0, 0.1) is 0 Å². The summed E-state index contributed by atoms with van der Waals surface area (Å²) < 4.78 is 31.9. The lowest BCUT2D eigenvalue weighted by atomic mass is 10.2. The number of sulfonamides is 1. The molecule has 3 N–H and O–H groups in total. The first-order valence-electron chi connectivity index (χ1n) is 7.31. The van der Waals surface area contributed by atoms with E-state index >= 15 is 0 Å². The lowest BCUT2D eigenvalue weighted by molar-refractivity contribution is -0.120. The molecular weight excluding hydrogens is 426 g/mol. The fraction of sp³-hybridized carbons (Fsp3) is 0.125. The number of rotatable bonds is 6. The van der Waals surface area contributed by atoms with Crippen LogP contribution in [0.2, 0.25) is 0 Å². The number of hydrogen-bond acceptors (Lipinski definition) is 5. The Kier molecular flexibility index (Phi) is 6.72. The molecule has 0 saturated carbocycles. The Morgan fingerprint density at radius 3 is 2.31 bits per heavy atom. The van der Waals surface area contributed by atoms with Gasteiger partial charge in [0.1, 0.15) is 5.75 Å². The molecule has 0 aliphatic rings. The molecular formula is C16H16BrN3O5S. The number of ether oxygens (including phenoxy) is 1. The van der Waals surface area contributed by atoms with Gasteiger partial charge >= 0.3 is 0 Å². The molecule has 8 nitrogen and oxygen atoms in total. The lowest BCUT2D eigenvalue weighted by Crippen LogP contribution is -2.46. The van der Waals surface area contributed by atoms with E-state index in [9.17, 15) is 18.0 Å². The summed E-state index contributed by atoms with van der Waals surface area (Å²) >= 11 is 3.22. The van der Waals surface area contributed by atoms with Gasteiger partial charge in [-0.25, -0.2) is 13.1 Å². The van der Waals surface area contributed by atoms with E-state index in [4.69, 9.17) is 4.74 Å². The zero-order valence-corrected chi connectivity index (χ0v) is 16.1. The highest BCUT2D eigenvalue weighted by Gasteiger charge is 2.16. The molecule has 2 aromatic rings. The molecule has 0 aliphatic carbocycles. The van der Waals surface area contributed by atoms with Gasteiger partial charge < -0.3 is 4.74 Å². The highest BCUT2D eigenvalue weighted by atomic mass is 79.9. The molecule has 0 radical (unpaired) electrons. The number of halogens is 1. The monoisotopic (exact) mass is 441 g/mol. The van der Waals surface area contributed by atoms with Crippen molar-refractivity contribution in [1.82, 2.24) is 15.6 Å². The molecule has 0 bridgehead atoms. The first kappa shape index (κ1) is 19.9. The van der Waals surface area contributed by atoms with Crippen LogP contribution >= 0.6 is 15.9 Å². The molecule has 0 unspecified atom stereocenters. The van der Waals surface area contributed by atoms with Crippen molar-refractivity contribution < 1.29 is 22.7 Å². The largest absolute Gasteiger partial charge is 0.497 e. The van der Waals surface area contributed by atoms with Crippen LogP contribution in [0.15, 0.2) is 57.9 Å². The average Bonchev–Trinajstić information content (AvgIpc) is 2.65. The average molecular weight is 442 g/mol. The molecule has 2 aromatic carbocycles. The maximum Gasteiger partial charge on any atom is 0.270 e. The van der Waals surface area contributed by atoms with E-state index in [0.717, 1.165) is 0 Å². The van der Waals surface area contributed by atoms with Gasteiger partial charge in [0, 0.05) is 4.47 Å². The minimum atomic E-state index is -3.86. The summed E-state index contributed by atoms with van der Waals surface area (Å²) in [6, 6.07) is 12.4. The van der Waals surface area contributed by atoms with Crippen LogP contribution in [0.5, 0.6) is 5.75 Å². The molecule has 2 rings (SSSR count). The maximum atomic E-state index is 12.1. The van der Waals surface area contributed by atoms with Crippen LogP contribution in [0.4, 0.5) is 0 Å². The van der Waals surface area contributed by atoms with E-state index in [-0.39, 0.29) is 4.90 Å². The van der Waals surface area contributed by atoms with Gasteiger partial charge in [0.2, 0.25) is 10.0 Å². The maximum absolute atomic E-state index is 12.1. The molecule has 0 fully saturated rings. The summed E-state index contributed by atoms with van der Waals surface area (Å²) in [5, 5.41) is 0. The molecule has 0 heterocycles. The Morgan fingerprint density at radius 2 is 1.69 bits per heavy atom. The summed E-state index contributed by atoms with van der Waals surface area (Å²) in [4.78, 5) is 23.7. The van der Waals surface area contributed by atoms with Gasteiger partial charge in [0.15, 0.2) is 0 Å². The number of amides is 2. The minimum absolute atomic E-state index is 0.0108. The Hall–Kier alpha value is -2.43. The number of hydrazine groups is 1. The highest BCUT2D eigenvalue weighted by Crippen LogP contribution is 2.16. The molecule has 10 heteroatoms. The predicted molar refractivity (Wildman–Crippen MR) is 97.9 cm³/mol. The number of nitrogens with one attached hydrogen (secondary N) is 3. The third-order valence-corrected chi connectivity index (χ3v) is 5.34. The number of benzene rings is 2. The van der Waals surface area contributed by atoms with Crippen molar-refractivity contribution in [3.63, 3.8) is 0 Å². The lowest BCUT2D eigenvalue weighted by Gasteiger charge is -2.10. The quantitative estimate of drug-likeness (QED) is 0.582. The first-order valence-corrected chi connectivity index (χ1v) is 9.58. The molecule has 0 aliphatic heterocycles. The molecule has 2 amide bonds. The second kappa shape index (κ2) is 8.79. The van der Waals surface area contributed by atoms with Gasteiger partial charge in [-0.05, 0) is 52.3 Å². The first-order chi connectivity index (χ1) is 12.3. The molecule has 138 valence electrons. The van der Waals surface area contributed by atoms with E-state index in [2.05, 4.69) is 31.5 Å². The van der Waals surface area contributed by atoms with Crippen LogP contribution in [0.3, 0.4) is 0 Å². The number of methoxy groups -OCH3 is 1. The van der Waals surface area contributed by atoms with E-state index in [1.165, 1.54) is 31.4 Å². The molecule has 0 atom stereocenters. The third kappa shape index (κ3) is 5.28.